The summed E-state index contributed by atoms with van der Waals surface area (Å²) in [5.41, 5.74) is 5.10. The summed E-state index contributed by atoms with van der Waals surface area (Å²) in [5, 5.41) is 5.30. The molecule has 3 heterocycles. The quantitative estimate of drug-likeness (QED) is 0.421. The van der Waals surface area contributed by atoms with E-state index in [-0.39, 0.29) is 11.8 Å². The highest BCUT2D eigenvalue weighted by atomic mass is 35.5. The van der Waals surface area contributed by atoms with Gasteiger partial charge < -0.3 is 9.32 Å². The summed E-state index contributed by atoms with van der Waals surface area (Å²) in [6.07, 6.45) is 1.64. The van der Waals surface area contributed by atoms with Crippen LogP contribution in [0.1, 0.15) is 52.0 Å². The van der Waals surface area contributed by atoms with E-state index in [1.807, 2.05) is 59.8 Å². The summed E-state index contributed by atoms with van der Waals surface area (Å²) in [7, 11) is 0. The van der Waals surface area contributed by atoms with Gasteiger partial charge in [0.25, 0.3) is 5.91 Å². The summed E-state index contributed by atoms with van der Waals surface area (Å²) in [6, 6.07) is 15.7. The molecule has 1 saturated heterocycles. The number of carbonyl (C=O) groups excluding carboxylic acids is 1. The number of carbonyl (C=O) groups is 1. The lowest BCUT2D eigenvalue weighted by Gasteiger charge is -2.30. The number of rotatable bonds is 4. The highest BCUT2D eigenvalue weighted by Gasteiger charge is 2.30. The van der Waals surface area contributed by atoms with Crippen molar-refractivity contribution in [3.63, 3.8) is 0 Å². The molecule has 6 nitrogen and oxygen atoms in total. The maximum atomic E-state index is 13.3. The molecule has 0 radical (unpaired) electrons. The Morgan fingerprint density at radius 2 is 1.88 bits per heavy atom. The van der Waals surface area contributed by atoms with E-state index in [1.165, 1.54) is 0 Å². The molecule has 0 atom stereocenters. The minimum absolute atomic E-state index is 0.0575. The Hall–Kier alpha value is -3.12. The molecule has 2 aromatic carbocycles. The summed E-state index contributed by atoms with van der Waals surface area (Å²) >= 11 is 6.07. The van der Waals surface area contributed by atoms with Gasteiger partial charge in [-0.15, -0.1) is 0 Å². The lowest BCUT2D eigenvalue weighted by Crippen LogP contribution is -2.38. The molecular weight excluding hydrogens is 424 g/mol. The van der Waals surface area contributed by atoms with Crippen molar-refractivity contribution in [2.45, 2.75) is 39.2 Å². The molecule has 0 aliphatic carbocycles. The van der Waals surface area contributed by atoms with Crippen molar-refractivity contribution in [2.24, 2.45) is 0 Å². The summed E-state index contributed by atoms with van der Waals surface area (Å²) < 4.78 is 7.88. The Kier molecular flexibility index (Phi) is 5.47. The third kappa shape index (κ3) is 3.91. The standard InChI is InChI=1S/C25H25ClN4O2/c1-16-23(17(2)30(28-16)15-18-6-4-3-5-7-18)25(31)29-12-10-19(11-13-29)24-27-21-14-20(26)8-9-22(21)32-24/h3-9,14,19H,10-13,15H2,1-2H3. The molecule has 32 heavy (non-hydrogen) atoms. The fourth-order valence-electron chi connectivity index (χ4n) is 4.50. The molecule has 4 aromatic rings. The van der Waals surface area contributed by atoms with Crippen LogP contribution >= 0.6 is 11.6 Å². The number of hydrogen-bond acceptors (Lipinski definition) is 4. The Bertz CT molecular complexity index is 1270. The Labute approximate surface area is 191 Å². The van der Waals surface area contributed by atoms with Gasteiger partial charge in [-0.3, -0.25) is 9.48 Å². The lowest BCUT2D eigenvalue weighted by molar-refractivity contribution is 0.0705. The molecule has 7 heteroatoms. The zero-order valence-electron chi connectivity index (χ0n) is 18.2. The van der Waals surface area contributed by atoms with Crippen LogP contribution in [0.3, 0.4) is 0 Å². The number of amides is 1. The smallest absolute Gasteiger partial charge is 0.257 e. The van der Waals surface area contributed by atoms with Crippen LogP contribution in [-0.2, 0) is 6.54 Å². The van der Waals surface area contributed by atoms with Crippen LogP contribution in [0.15, 0.2) is 52.9 Å². The first-order valence-electron chi connectivity index (χ1n) is 10.9. The van der Waals surface area contributed by atoms with E-state index in [4.69, 9.17) is 16.0 Å². The molecule has 2 aromatic heterocycles. The van der Waals surface area contributed by atoms with Gasteiger partial charge in [0.2, 0.25) is 0 Å². The van der Waals surface area contributed by atoms with Crippen molar-refractivity contribution in [1.29, 1.82) is 0 Å². The van der Waals surface area contributed by atoms with Gasteiger partial charge in [0, 0.05) is 29.7 Å². The predicted molar refractivity (Wildman–Crippen MR) is 124 cm³/mol. The van der Waals surface area contributed by atoms with Crippen molar-refractivity contribution >= 4 is 28.6 Å². The van der Waals surface area contributed by atoms with Gasteiger partial charge in [0.1, 0.15) is 5.52 Å². The summed E-state index contributed by atoms with van der Waals surface area (Å²) in [4.78, 5) is 19.9. The molecule has 1 fully saturated rings. The number of nitrogens with zero attached hydrogens (tertiary/aromatic N) is 4. The third-order valence-corrected chi connectivity index (χ3v) is 6.50. The molecule has 1 amide bonds. The number of hydrogen-bond donors (Lipinski definition) is 0. The second-order valence-electron chi connectivity index (χ2n) is 8.42. The Morgan fingerprint density at radius 1 is 1.12 bits per heavy atom. The van der Waals surface area contributed by atoms with Crippen LogP contribution in [0.4, 0.5) is 0 Å². The first-order chi connectivity index (χ1) is 15.5. The molecular formula is C25H25ClN4O2. The van der Waals surface area contributed by atoms with Gasteiger partial charge >= 0.3 is 0 Å². The number of aromatic nitrogens is 3. The van der Waals surface area contributed by atoms with Crippen LogP contribution in [-0.4, -0.2) is 38.7 Å². The molecule has 0 saturated carbocycles. The summed E-state index contributed by atoms with van der Waals surface area (Å²) in [6.45, 7) is 5.90. The highest BCUT2D eigenvalue weighted by molar-refractivity contribution is 6.31. The fraction of sp³-hybridized carbons (Fsp3) is 0.320. The molecule has 0 N–H and O–H groups in total. The van der Waals surface area contributed by atoms with Gasteiger partial charge in [-0.25, -0.2) is 4.98 Å². The molecule has 1 aliphatic rings. The van der Waals surface area contributed by atoms with E-state index >= 15 is 0 Å². The number of piperidine rings is 1. The first kappa shape index (κ1) is 20.8. The number of aryl methyl sites for hydroxylation is 1. The van der Waals surface area contributed by atoms with E-state index in [1.54, 1.807) is 0 Å². The van der Waals surface area contributed by atoms with E-state index in [0.29, 0.717) is 24.7 Å². The fourth-order valence-corrected chi connectivity index (χ4v) is 4.66. The number of fused-ring (bicyclic) bond motifs is 1. The monoisotopic (exact) mass is 448 g/mol. The number of oxazole rings is 1. The first-order valence-corrected chi connectivity index (χ1v) is 11.3. The molecule has 1 aliphatic heterocycles. The molecule has 0 bridgehead atoms. The third-order valence-electron chi connectivity index (χ3n) is 6.27. The van der Waals surface area contributed by atoms with Gasteiger partial charge in [-0.1, -0.05) is 41.9 Å². The van der Waals surface area contributed by atoms with Crippen molar-refractivity contribution in [3.05, 3.63) is 82.0 Å². The van der Waals surface area contributed by atoms with Crippen LogP contribution < -0.4 is 0 Å². The largest absolute Gasteiger partial charge is 0.440 e. The SMILES string of the molecule is Cc1nn(Cc2ccccc2)c(C)c1C(=O)N1CCC(c2nc3cc(Cl)ccc3o2)CC1. The zero-order valence-corrected chi connectivity index (χ0v) is 19.0. The molecule has 0 unspecified atom stereocenters. The van der Waals surface area contributed by atoms with E-state index in [2.05, 4.69) is 22.2 Å². The zero-order chi connectivity index (χ0) is 22.2. The van der Waals surface area contributed by atoms with Crippen molar-refractivity contribution in [1.82, 2.24) is 19.7 Å². The topological polar surface area (TPSA) is 64.2 Å². The molecule has 0 spiro atoms. The molecule has 164 valence electrons. The minimum Gasteiger partial charge on any atom is -0.440 e. The Balaban J connectivity index is 1.29. The molecule has 5 rings (SSSR count). The summed E-state index contributed by atoms with van der Waals surface area (Å²) in [5.74, 6) is 0.993. The van der Waals surface area contributed by atoms with Gasteiger partial charge in [0.15, 0.2) is 11.5 Å². The number of likely N-dealkylation sites (tertiary alicyclic amines) is 1. The van der Waals surface area contributed by atoms with Crippen molar-refractivity contribution in [2.75, 3.05) is 13.1 Å². The lowest BCUT2D eigenvalue weighted by atomic mass is 9.96. The highest BCUT2D eigenvalue weighted by Crippen LogP contribution is 2.31. The van der Waals surface area contributed by atoms with E-state index in [0.717, 1.165) is 52.3 Å². The van der Waals surface area contributed by atoms with Crippen LogP contribution in [0.2, 0.25) is 5.02 Å². The van der Waals surface area contributed by atoms with Crippen LogP contribution in [0.25, 0.3) is 11.1 Å². The van der Waals surface area contributed by atoms with E-state index < -0.39 is 0 Å². The van der Waals surface area contributed by atoms with Gasteiger partial charge in [0.05, 0.1) is 17.8 Å². The van der Waals surface area contributed by atoms with Crippen molar-refractivity contribution < 1.29 is 9.21 Å². The average Bonchev–Trinajstić information content (AvgIpc) is 3.34. The van der Waals surface area contributed by atoms with Crippen LogP contribution in [0, 0.1) is 13.8 Å². The number of halogens is 1. The second kappa shape index (κ2) is 8.43. The van der Waals surface area contributed by atoms with Gasteiger partial charge in [-0.05, 0) is 50.5 Å². The van der Waals surface area contributed by atoms with Crippen LogP contribution in [0.5, 0.6) is 0 Å². The average molecular weight is 449 g/mol. The maximum Gasteiger partial charge on any atom is 0.257 e. The van der Waals surface area contributed by atoms with E-state index in [9.17, 15) is 4.79 Å². The maximum absolute atomic E-state index is 13.3. The van der Waals surface area contributed by atoms with Crippen molar-refractivity contribution in [3.8, 4) is 0 Å². The normalized spacial score (nSPS) is 14.9. The Morgan fingerprint density at radius 3 is 2.62 bits per heavy atom. The second-order valence-corrected chi connectivity index (χ2v) is 8.86. The number of benzene rings is 2. The predicted octanol–water partition coefficient (Wildman–Crippen LogP) is 5.36. The minimum atomic E-state index is 0.0575. The van der Waals surface area contributed by atoms with Gasteiger partial charge in [-0.2, -0.15) is 5.10 Å².